The van der Waals surface area contributed by atoms with Gasteiger partial charge in [0, 0.05) is 18.2 Å². The fourth-order valence-electron chi connectivity index (χ4n) is 1.53. The zero-order valence-corrected chi connectivity index (χ0v) is 12.5. The molecule has 19 heavy (non-hydrogen) atoms. The van der Waals surface area contributed by atoms with E-state index in [1.807, 2.05) is 25.2 Å². The van der Waals surface area contributed by atoms with Crippen LogP contribution in [0.1, 0.15) is 19.4 Å². The fourth-order valence-corrected chi connectivity index (χ4v) is 1.65. The predicted octanol–water partition coefficient (Wildman–Crippen LogP) is 1.40. The van der Waals surface area contributed by atoms with Gasteiger partial charge in [-0.05, 0) is 33.0 Å². The summed E-state index contributed by atoms with van der Waals surface area (Å²) >= 11 is 4.91. The molecule has 0 spiro atoms. The van der Waals surface area contributed by atoms with E-state index >= 15 is 0 Å². The van der Waals surface area contributed by atoms with E-state index in [0.717, 1.165) is 5.56 Å². The highest BCUT2D eigenvalue weighted by atomic mass is 32.1. The Bertz CT molecular complexity index is 424. The second-order valence-corrected chi connectivity index (χ2v) is 5.33. The van der Waals surface area contributed by atoms with Crippen LogP contribution in [0.5, 0.6) is 5.75 Å². The Morgan fingerprint density at radius 2 is 2.16 bits per heavy atom. The summed E-state index contributed by atoms with van der Waals surface area (Å²) in [6, 6.07) is 7.66. The molecule has 1 aromatic rings. The monoisotopic (exact) mass is 282 g/mol. The minimum Gasteiger partial charge on any atom is -0.491 e. The first kappa shape index (κ1) is 15.9. The van der Waals surface area contributed by atoms with Crippen LogP contribution in [0.3, 0.4) is 0 Å². The van der Waals surface area contributed by atoms with Gasteiger partial charge in [-0.3, -0.25) is 0 Å². The molecule has 0 aliphatic rings. The van der Waals surface area contributed by atoms with Crippen molar-refractivity contribution in [1.82, 2.24) is 4.90 Å². The van der Waals surface area contributed by atoms with Gasteiger partial charge in [-0.25, -0.2) is 0 Å². The van der Waals surface area contributed by atoms with Crippen LogP contribution in [-0.2, 0) is 0 Å². The maximum Gasteiger partial charge on any atom is 0.120 e. The van der Waals surface area contributed by atoms with E-state index in [9.17, 15) is 5.11 Å². The van der Waals surface area contributed by atoms with Crippen molar-refractivity contribution in [3.05, 3.63) is 29.8 Å². The van der Waals surface area contributed by atoms with Crippen LogP contribution in [0, 0.1) is 0 Å². The van der Waals surface area contributed by atoms with E-state index in [-0.39, 0.29) is 6.61 Å². The van der Waals surface area contributed by atoms with Crippen LogP contribution >= 0.6 is 12.2 Å². The van der Waals surface area contributed by atoms with Crippen LogP contribution in [0.25, 0.3) is 0 Å². The minimum absolute atomic E-state index is 0.248. The molecule has 1 aromatic carbocycles. The first-order valence-corrected chi connectivity index (χ1v) is 6.72. The van der Waals surface area contributed by atoms with Crippen molar-refractivity contribution in [2.45, 2.75) is 26.0 Å². The topological polar surface area (TPSA) is 58.7 Å². The van der Waals surface area contributed by atoms with Crippen molar-refractivity contribution in [3.8, 4) is 5.75 Å². The number of aliphatic hydroxyl groups is 1. The van der Waals surface area contributed by atoms with Gasteiger partial charge in [-0.15, -0.1) is 0 Å². The number of ether oxygens (including phenoxy) is 1. The summed E-state index contributed by atoms with van der Waals surface area (Å²) in [4.78, 5) is 2.41. The Kier molecular flexibility index (Phi) is 6.21. The summed E-state index contributed by atoms with van der Waals surface area (Å²) in [5, 5.41) is 9.89. The number of aliphatic hydroxyl groups excluding tert-OH is 1. The molecule has 3 N–H and O–H groups in total. The smallest absolute Gasteiger partial charge is 0.120 e. The molecule has 1 atom stereocenters. The number of hydrogen-bond acceptors (Lipinski definition) is 4. The predicted molar refractivity (Wildman–Crippen MR) is 81.6 cm³/mol. The molecular formula is C14H22N2O2S. The molecule has 0 fully saturated rings. The first-order valence-electron chi connectivity index (χ1n) is 6.31. The van der Waals surface area contributed by atoms with Crippen molar-refractivity contribution in [3.63, 3.8) is 0 Å². The molecule has 1 unspecified atom stereocenters. The number of likely N-dealkylation sites (N-methyl/N-ethyl adjacent to an activating group) is 1. The van der Waals surface area contributed by atoms with Gasteiger partial charge < -0.3 is 20.5 Å². The molecule has 0 aromatic heterocycles. The summed E-state index contributed by atoms with van der Waals surface area (Å²) in [6.07, 6.45) is -0.527. The van der Waals surface area contributed by atoms with Crippen LogP contribution in [-0.4, -0.2) is 47.3 Å². The first-order chi connectivity index (χ1) is 8.90. The molecule has 0 amide bonds. The number of hydrogen-bond donors (Lipinski definition) is 2. The number of rotatable bonds is 7. The highest BCUT2D eigenvalue weighted by Crippen LogP contribution is 2.13. The standard InChI is InChI=1S/C14H22N2O2S/c1-10(2)16(3)8-12(17)9-18-13-6-4-5-11(7-13)14(15)19/h4-7,10,12,17H,8-9H2,1-3H3,(H2,15,19). The molecule has 0 heterocycles. The van der Waals surface area contributed by atoms with Crippen molar-refractivity contribution in [2.24, 2.45) is 5.73 Å². The lowest BCUT2D eigenvalue weighted by molar-refractivity contribution is 0.0678. The van der Waals surface area contributed by atoms with Crippen LogP contribution in [0.4, 0.5) is 0 Å². The third-order valence-electron chi connectivity index (χ3n) is 2.94. The van der Waals surface area contributed by atoms with Crippen LogP contribution < -0.4 is 10.5 Å². The molecule has 4 nitrogen and oxygen atoms in total. The Labute approximate surface area is 120 Å². The van der Waals surface area contributed by atoms with Crippen molar-refractivity contribution >= 4 is 17.2 Å². The van der Waals surface area contributed by atoms with E-state index in [1.165, 1.54) is 0 Å². The van der Waals surface area contributed by atoms with Gasteiger partial charge >= 0.3 is 0 Å². The van der Waals surface area contributed by atoms with E-state index in [2.05, 4.69) is 18.7 Å². The van der Waals surface area contributed by atoms with Gasteiger partial charge in [0.2, 0.25) is 0 Å². The largest absolute Gasteiger partial charge is 0.491 e. The van der Waals surface area contributed by atoms with E-state index in [1.54, 1.807) is 6.07 Å². The molecular weight excluding hydrogens is 260 g/mol. The third kappa shape index (κ3) is 5.55. The van der Waals surface area contributed by atoms with Gasteiger partial charge in [0.1, 0.15) is 23.4 Å². The van der Waals surface area contributed by atoms with Crippen molar-refractivity contribution in [1.29, 1.82) is 0 Å². The fraction of sp³-hybridized carbons (Fsp3) is 0.500. The zero-order chi connectivity index (χ0) is 14.4. The molecule has 0 aliphatic carbocycles. The number of benzene rings is 1. The number of nitrogens with zero attached hydrogens (tertiary/aromatic N) is 1. The Hall–Kier alpha value is -1.17. The lowest BCUT2D eigenvalue weighted by atomic mass is 10.2. The number of thiocarbonyl (C=S) groups is 1. The Balaban J connectivity index is 2.48. The maximum absolute atomic E-state index is 9.89. The Morgan fingerprint density at radius 1 is 1.47 bits per heavy atom. The molecule has 1 rings (SSSR count). The molecule has 0 bridgehead atoms. The number of nitrogens with two attached hydrogens (primary N) is 1. The highest BCUT2D eigenvalue weighted by Gasteiger charge is 2.11. The average molecular weight is 282 g/mol. The summed E-state index contributed by atoms with van der Waals surface area (Å²) in [6.45, 7) is 4.99. The van der Waals surface area contributed by atoms with Gasteiger partial charge in [0.15, 0.2) is 0 Å². The summed E-state index contributed by atoms with van der Waals surface area (Å²) in [5.74, 6) is 0.663. The SMILES string of the molecule is CC(C)N(C)CC(O)COc1cccc(C(N)=S)c1. The van der Waals surface area contributed by atoms with Gasteiger partial charge in [-0.2, -0.15) is 0 Å². The van der Waals surface area contributed by atoms with Crippen molar-refractivity contribution in [2.75, 3.05) is 20.2 Å². The second kappa shape index (κ2) is 7.43. The maximum atomic E-state index is 9.89. The average Bonchev–Trinajstić information content (AvgIpc) is 2.36. The molecule has 0 aliphatic heterocycles. The minimum atomic E-state index is -0.527. The van der Waals surface area contributed by atoms with Gasteiger partial charge in [0.05, 0.1) is 0 Å². The zero-order valence-electron chi connectivity index (χ0n) is 11.7. The molecule has 5 heteroatoms. The molecule has 106 valence electrons. The van der Waals surface area contributed by atoms with Gasteiger partial charge in [-0.1, -0.05) is 24.4 Å². The highest BCUT2D eigenvalue weighted by molar-refractivity contribution is 7.80. The third-order valence-corrected chi connectivity index (χ3v) is 3.18. The van der Waals surface area contributed by atoms with Crippen LogP contribution in [0.15, 0.2) is 24.3 Å². The molecule has 0 saturated carbocycles. The lowest BCUT2D eigenvalue weighted by Crippen LogP contribution is -2.36. The lowest BCUT2D eigenvalue weighted by Gasteiger charge is -2.24. The molecule has 0 radical (unpaired) electrons. The van der Waals surface area contributed by atoms with E-state index in [4.69, 9.17) is 22.7 Å². The van der Waals surface area contributed by atoms with Crippen LogP contribution in [0.2, 0.25) is 0 Å². The van der Waals surface area contributed by atoms with Crippen molar-refractivity contribution < 1.29 is 9.84 Å². The second-order valence-electron chi connectivity index (χ2n) is 4.89. The quantitative estimate of drug-likeness (QED) is 0.740. The van der Waals surface area contributed by atoms with E-state index < -0.39 is 6.10 Å². The summed E-state index contributed by atoms with van der Waals surface area (Å²) in [7, 11) is 1.97. The normalized spacial score (nSPS) is 12.7. The van der Waals surface area contributed by atoms with Gasteiger partial charge in [0.25, 0.3) is 0 Å². The summed E-state index contributed by atoms with van der Waals surface area (Å²) < 4.78 is 5.55. The molecule has 0 saturated heterocycles. The Morgan fingerprint density at radius 3 is 2.74 bits per heavy atom. The van der Waals surface area contributed by atoms with E-state index in [0.29, 0.717) is 23.3 Å². The summed E-state index contributed by atoms with van der Waals surface area (Å²) in [5.41, 5.74) is 6.32.